The Balaban J connectivity index is 1.43. The topological polar surface area (TPSA) is 92.3 Å². The number of hydrogen-bond donors (Lipinski definition) is 1. The monoisotopic (exact) mass is 356 g/mol. The van der Waals surface area contributed by atoms with E-state index in [-0.39, 0.29) is 17.6 Å². The quantitative estimate of drug-likeness (QED) is 0.768. The van der Waals surface area contributed by atoms with Gasteiger partial charge in [-0.3, -0.25) is 9.78 Å². The van der Waals surface area contributed by atoms with Crippen molar-refractivity contribution in [3.63, 3.8) is 0 Å². The maximum atomic E-state index is 12.3. The molecule has 128 valence electrons. The molecular formula is C17H16N4O3S. The second-order valence-corrected chi connectivity index (χ2v) is 6.85. The molecule has 0 aliphatic carbocycles. The fourth-order valence-corrected chi connectivity index (χ4v) is 3.29. The van der Waals surface area contributed by atoms with Gasteiger partial charge in [0.2, 0.25) is 0 Å². The second-order valence-electron chi connectivity index (χ2n) is 5.96. The summed E-state index contributed by atoms with van der Waals surface area (Å²) in [5.74, 6) is 0.242. The van der Waals surface area contributed by atoms with Crippen molar-refractivity contribution in [1.29, 1.82) is 0 Å². The normalized spacial score (nSPS) is 19.7. The SMILES string of the molecule is CC1C(O)CN1C(=O)c1coc(Cc2ccc(-c3nccs3)nc2)n1. The summed E-state index contributed by atoms with van der Waals surface area (Å²) in [6.45, 7) is 2.15. The lowest BCUT2D eigenvalue weighted by Crippen LogP contribution is -2.60. The van der Waals surface area contributed by atoms with Crippen molar-refractivity contribution in [1.82, 2.24) is 19.9 Å². The zero-order chi connectivity index (χ0) is 17.4. The van der Waals surface area contributed by atoms with Gasteiger partial charge in [-0.1, -0.05) is 6.07 Å². The number of aliphatic hydroxyl groups is 1. The minimum atomic E-state index is -0.460. The van der Waals surface area contributed by atoms with Gasteiger partial charge in [0.25, 0.3) is 5.91 Å². The number of carbonyl (C=O) groups excluding carboxylic acids is 1. The van der Waals surface area contributed by atoms with Crippen LogP contribution in [-0.4, -0.2) is 49.6 Å². The lowest BCUT2D eigenvalue weighted by Gasteiger charge is -2.42. The van der Waals surface area contributed by atoms with Crippen LogP contribution in [0.4, 0.5) is 0 Å². The average Bonchev–Trinajstić information content (AvgIpc) is 3.31. The fourth-order valence-electron chi connectivity index (χ4n) is 2.68. The number of β-amino-alcohol motifs (C(OH)–C–C–N with tert-alkyl or cyclic N) is 1. The first kappa shape index (κ1) is 15.9. The van der Waals surface area contributed by atoms with Crippen LogP contribution in [0, 0.1) is 0 Å². The Kier molecular flexibility index (Phi) is 4.06. The highest BCUT2D eigenvalue weighted by Gasteiger charge is 2.38. The van der Waals surface area contributed by atoms with Crippen LogP contribution in [0.15, 0.2) is 40.6 Å². The van der Waals surface area contributed by atoms with Gasteiger partial charge >= 0.3 is 0 Å². The Morgan fingerprint density at radius 2 is 2.32 bits per heavy atom. The van der Waals surface area contributed by atoms with Crippen molar-refractivity contribution in [2.75, 3.05) is 6.54 Å². The van der Waals surface area contributed by atoms with Crippen LogP contribution >= 0.6 is 11.3 Å². The highest BCUT2D eigenvalue weighted by Crippen LogP contribution is 2.22. The van der Waals surface area contributed by atoms with E-state index in [2.05, 4.69) is 15.0 Å². The molecule has 0 spiro atoms. The molecule has 4 rings (SSSR count). The Labute approximate surface area is 148 Å². The number of aromatic nitrogens is 3. The van der Waals surface area contributed by atoms with Gasteiger partial charge in [-0.2, -0.15) is 0 Å². The van der Waals surface area contributed by atoms with Gasteiger partial charge in [0, 0.05) is 24.3 Å². The molecule has 1 aliphatic rings. The zero-order valence-corrected chi connectivity index (χ0v) is 14.3. The highest BCUT2D eigenvalue weighted by molar-refractivity contribution is 7.13. The minimum absolute atomic E-state index is 0.185. The van der Waals surface area contributed by atoms with Gasteiger partial charge in [-0.05, 0) is 18.6 Å². The van der Waals surface area contributed by atoms with Crippen LogP contribution in [0.3, 0.4) is 0 Å². The van der Waals surface area contributed by atoms with E-state index in [1.54, 1.807) is 17.3 Å². The van der Waals surface area contributed by atoms with E-state index < -0.39 is 6.10 Å². The van der Waals surface area contributed by atoms with Crippen LogP contribution in [0.5, 0.6) is 0 Å². The summed E-state index contributed by atoms with van der Waals surface area (Å²) in [5.41, 5.74) is 2.03. The van der Waals surface area contributed by atoms with E-state index in [4.69, 9.17) is 4.42 Å². The van der Waals surface area contributed by atoms with Gasteiger partial charge in [-0.15, -0.1) is 11.3 Å². The number of pyridine rings is 1. The van der Waals surface area contributed by atoms with Crippen LogP contribution in [0.2, 0.25) is 0 Å². The number of likely N-dealkylation sites (tertiary alicyclic amines) is 1. The van der Waals surface area contributed by atoms with Crippen molar-refractivity contribution >= 4 is 17.2 Å². The molecule has 3 aromatic heterocycles. The molecule has 1 saturated heterocycles. The number of oxazole rings is 1. The van der Waals surface area contributed by atoms with Crippen molar-refractivity contribution in [3.8, 4) is 10.7 Å². The molecule has 7 nitrogen and oxygen atoms in total. The molecule has 0 aromatic carbocycles. The average molecular weight is 356 g/mol. The number of hydrogen-bond acceptors (Lipinski definition) is 7. The van der Waals surface area contributed by atoms with E-state index in [1.165, 1.54) is 17.6 Å². The van der Waals surface area contributed by atoms with Crippen molar-refractivity contribution in [3.05, 3.63) is 53.3 Å². The lowest BCUT2D eigenvalue weighted by molar-refractivity contribution is -0.0360. The standard InChI is InChI=1S/C17H16N4O3S/c1-10-14(22)8-21(10)17(23)13-9-24-15(20-13)6-11-2-3-12(19-7-11)16-18-4-5-25-16/h2-5,7,9-10,14,22H,6,8H2,1H3. The summed E-state index contributed by atoms with van der Waals surface area (Å²) in [7, 11) is 0. The van der Waals surface area contributed by atoms with Gasteiger partial charge in [-0.25, -0.2) is 9.97 Å². The zero-order valence-electron chi connectivity index (χ0n) is 13.5. The first-order valence-electron chi connectivity index (χ1n) is 7.90. The summed E-state index contributed by atoms with van der Waals surface area (Å²) in [4.78, 5) is 26.8. The maximum Gasteiger partial charge on any atom is 0.276 e. The van der Waals surface area contributed by atoms with Crippen LogP contribution in [0.25, 0.3) is 10.7 Å². The van der Waals surface area contributed by atoms with Crippen molar-refractivity contribution in [2.45, 2.75) is 25.5 Å². The number of rotatable bonds is 4. The maximum absolute atomic E-state index is 12.3. The molecule has 0 saturated carbocycles. The van der Waals surface area contributed by atoms with Crippen LogP contribution in [0.1, 0.15) is 28.9 Å². The third-order valence-corrected chi connectivity index (χ3v) is 5.09. The van der Waals surface area contributed by atoms with Crippen molar-refractivity contribution in [2.24, 2.45) is 0 Å². The Bertz CT molecular complexity index is 876. The minimum Gasteiger partial charge on any atom is -0.448 e. The largest absolute Gasteiger partial charge is 0.448 e. The van der Waals surface area contributed by atoms with E-state index in [9.17, 15) is 9.90 Å². The molecule has 2 atom stereocenters. The predicted octanol–water partition coefficient (Wildman–Crippen LogP) is 1.99. The Morgan fingerprint density at radius 3 is 2.96 bits per heavy atom. The van der Waals surface area contributed by atoms with E-state index in [0.29, 0.717) is 18.9 Å². The van der Waals surface area contributed by atoms with Gasteiger partial charge < -0.3 is 14.4 Å². The van der Waals surface area contributed by atoms with E-state index in [1.807, 2.05) is 24.4 Å². The third-order valence-electron chi connectivity index (χ3n) is 4.30. The molecule has 3 aromatic rings. The first-order valence-corrected chi connectivity index (χ1v) is 8.78. The molecule has 8 heteroatoms. The molecule has 2 unspecified atom stereocenters. The molecule has 0 radical (unpaired) electrons. The number of thiazole rings is 1. The summed E-state index contributed by atoms with van der Waals surface area (Å²) < 4.78 is 5.41. The molecule has 1 aliphatic heterocycles. The number of carbonyl (C=O) groups is 1. The smallest absolute Gasteiger partial charge is 0.276 e. The Morgan fingerprint density at radius 1 is 1.44 bits per heavy atom. The third kappa shape index (κ3) is 3.06. The Hall–Kier alpha value is -2.58. The molecule has 1 N–H and O–H groups in total. The number of nitrogens with zero attached hydrogens (tertiary/aromatic N) is 4. The molecule has 4 heterocycles. The molecule has 1 fully saturated rings. The van der Waals surface area contributed by atoms with E-state index in [0.717, 1.165) is 16.3 Å². The van der Waals surface area contributed by atoms with Gasteiger partial charge in [0.15, 0.2) is 11.6 Å². The van der Waals surface area contributed by atoms with E-state index >= 15 is 0 Å². The molecule has 25 heavy (non-hydrogen) atoms. The second kappa shape index (κ2) is 6.38. The highest BCUT2D eigenvalue weighted by atomic mass is 32.1. The summed E-state index contributed by atoms with van der Waals surface area (Å²) >= 11 is 1.54. The molecule has 0 bridgehead atoms. The number of amides is 1. The molecule has 1 amide bonds. The van der Waals surface area contributed by atoms with Gasteiger partial charge in [0.1, 0.15) is 11.3 Å². The lowest BCUT2D eigenvalue weighted by atomic mass is 10.0. The van der Waals surface area contributed by atoms with Gasteiger partial charge in [0.05, 0.1) is 24.3 Å². The fraction of sp³-hybridized carbons (Fsp3) is 0.294. The first-order chi connectivity index (χ1) is 12.1. The van der Waals surface area contributed by atoms with Crippen LogP contribution < -0.4 is 0 Å². The molecular weight excluding hydrogens is 340 g/mol. The summed E-state index contributed by atoms with van der Waals surface area (Å²) in [5, 5.41) is 12.3. The van der Waals surface area contributed by atoms with Crippen LogP contribution in [-0.2, 0) is 6.42 Å². The van der Waals surface area contributed by atoms with Crippen molar-refractivity contribution < 1.29 is 14.3 Å². The summed E-state index contributed by atoms with van der Waals surface area (Å²) in [6.07, 6.45) is 4.87. The predicted molar refractivity (Wildman–Crippen MR) is 91.2 cm³/mol. The number of aliphatic hydroxyl groups excluding tert-OH is 1. The summed E-state index contributed by atoms with van der Waals surface area (Å²) in [6, 6.07) is 3.67.